The number of carbonyl (C=O) groups excluding carboxylic acids is 2. The topological polar surface area (TPSA) is 92.6 Å². The lowest BCUT2D eigenvalue weighted by Crippen LogP contribution is -2.37. The molecule has 0 amide bonds. The van der Waals surface area contributed by atoms with Crippen LogP contribution in [-0.4, -0.2) is 49.9 Å². The second-order valence-electron chi connectivity index (χ2n) is 5.57. The van der Waals surface area contributed by atoms with Gasteiger partial charge in [-0.25, -0.2) is 15.2 Å². The van der Waals surface area contributed by atoms with Gasteiger partial charge in [0.25, 0.3) is 0 Å². The quantitative estimate of drug-likeness (QED) is 0.451. The maximum Gasteiger partial charge on any atom is 0.355 e. The highest BCUT2D eigenvalue weighted by atomic mass is 16.5. The van der Waals surface area contributed by atoms with Gasteiger partial charge in [0, 0.05) is 12.2 Å². The van der Waals surface area contributed by atoms with Crippen molar-refractivity contribution in [3.63, 3.8) is 0 Å². The van der Waals surface area contributed by atoms with E-state index in [1.807, 2.05) is 36.1 Å². The second-order valence-corrected chi connectivity index (χ2v) is 5.57. The molecule has 1 aliphatic rings. The first-order valence-corrected chi connectivity index (χ1v) is 8.59. The second kappa shape index (κ2) is 9.55. The van der Waals surface area contributed by atoms with Gasteiger partial charge < -0.3 is 14.4 Å². The summed E-state index contributed by atoms with van der Waals surface area (Å²) in [6.07, 6.45) is -0.266. The zero-order chi connectivity index (χ0) is 18.9. The number of hydrogen-bond donors (Lipinski definition) is 1. The minimum Gasteiger partial charge on any atom is -0.466 e. The Bertz CT molecular complexity index is 698. The van der Waals surface area contributed by atoms with Crippen LogP contribution in [0.5, 0.6) is 0 Å². The molecule has 0 aliphatic carbocycles. The first-order valence-electron chi connectivity index (χ1n) is 8.59. The Balaban J connectivity index is 2.11. The fourth-order valence-electron chi connectivity index (χ4n) is 2.36. The van der Waals surface area contributed by atoms with Crippen LogP contribution in [0.1, 0.15) is 25.8 Å². The van der Waals surface area contributed by atoms with Gasteiger partial charge >= 0.3 is 11.9 Å². The molecule has 8 nitrogen and oxygen atoms in total. The zero-order valence-electron chi connectivity index (χ0n) is 15.3. The molecule has 0 aromatic heterocycles. The number of aliphatic imine (C=N–C) groups is 1. The third-order valence-corrected chi connectivity index (χ3v) is 3.61. The van der Waals surface area contributed by atoms with Crippen LogP contribution in [0.3, 0.4) is 0 Å². The normalized spacial score (nSPS) is 14.0. The summed E-state index contributed by atoms with van der Waals surface area (Å²) < 4.78 is 9.83. The predicted octanol–water partition coefficient (Wildman–Crippen LogP) is 1.63. The summed E-state index contributed by atoms with van der Waals surface area (Å²) in [5.41, 5.74) is 4.87. The van der Waals surface area contributed by atoms with Gasteiger partial charge in [0.05, 0.1) is 26.2 Å². The molecule has 1 aromatic rings. The van der Waals surface area contributed by atoms with Gasteiger partial charge in [-0.1, -0.05) is 17.7 Å². The van der Waals surface area contributed by atoms with Gasteiger partial charge in [-0.05, 0) is 32.9 Å². The molecule has 2 rings (SSSR count). The highest BCUT2D eigenvalue weighted by Crippen LogP contribution is 2.17. The minimum absolute atomic E-state index is 0.0521. The molecule has 0 saturated heterocycles. The van der Waals surface area contributed by atoms with E-state index in [0.29, 0.717) is 19.0 Å². The zero-order valence-corrected chi connectivity index (χ0v) is 15.3. The van der Waals surface area contributed by atoms with Gasteiger partial charge in [0.15, 0.2) is 5.71 Å². The monoisotopic (exact) mass is 360 g/mol. The standard InChI is InChI=1S/C18H24N4O4/c1-4-25-16(23)12-15(17(24)26-5-2)20-21-18-19-10-11-22(18)14-8-6-13(3)7-9-14/h6-9H,4-5,10-12H2,1-3H3,(H,19,21)/b20-15+. The summed E-state index contributed by atoms with van der Waals surface area (Å²) in [6, 6.07) is 8.01. The number of nitrogens with one attached hydrogen (secondary N) is 1. The van der Waals surface area contributed by atoms with Gasteiger partial charge in [-0.15, -0.1) is 0 Å². The van der Waals surface area contributed by atoms with Crippen LogP contribution < -0.4 is 10.3 Å². The van der Waals surface area contributed by atoms with E-state index in [0.717, 1.165) is 11.3 Å². The van der Waals surface area contributed by atoms with E-state index >= 15 is 0 Å². The number of hydrazone groups is 1. The third-order valence-electron chi connectivity index (χ3n) is 3.61. The van der Waals surface area contributed by atoms with E-state index in [4.69, 9.17) is 9.47 Å². The molecule has 1 heterocycles. The Morgan fingerprint density at radius 3 is 2.54 bits per heavy atom. The van der Waals surface area contributed by atoms with E-state index in [2.05, 4.69) is 15.5 Å². The first-order chi connectivity index (χ1) is 12.5. The molecule has 1 aliphatic heterocycles. The van der Waals surface area contributed by atoms with Gasteiger partial charge in [-0.3, -0.25) is 4.79 Å². The molecular weight excluding hydrogens is 336 g/mol. The largest absolute Gasteiger partial charge is 0.466 e. The number of benzene rings is 1. The lowest BCUT2D eigenvalue weighted by molar-refractivity contribution is -0.143. The molecule has 1 aromatic carbocycles. The van der Waals surface area contributed by atoms with E-state index in [1.165, 1.54) is 0 Å². The average molecular weight is 360 g/mol. The van der Waals surface area contributed by atoms with E-state index < -0.39 is 11.9 Å². The Hall–Kier alpha value is -2.90. The number of carbonyl (C=O) groups is 2. The van der Waals surface area contributed by atoms with Crippen molar-refractivity contribution in [1.82, 2.24) is 5.43 Å². The smallest absolute Gasteiger partial charge is 0.355 e. The predicted molar refractivity (Wildman–Crippen MR) is 99.3 cm³/mol. The Kier molecular flexibility index (Phi) is 7.13. The van der Waals surface area contributed by atoms with E-state index in [9.17, 15) is 9.59 Å². The summed E-state index contributed by atoms with van der Waals surface area (Å²) in [6.45, 7) is 7.14. The van der Waals surface area contributed by atoms with Crippen molar-refractivity contribution in [3.05, 3.63) is 29.8 Å². The number of rotatable bonds is 7. The number of guanidine groups is 1. The van der Waals surface area contributed by atoms with Crippen molar-refractivity contribution in [2.24, 2.45) is 10.1 Å². The van der Waals surface area contributed by atoms with Crippen LogP contribution in [0.15, 0.2) is 34.4 Å². The Morgan fingerprint density at radius 2 is 1.88 bits per heavy atom. The van der Waals surface area contributed by atoms with Crippen LogP contribution in [0.4, 0.5) is 5.69 Å². The fourth-order valence-corrected chi connectivity index (χ4v) is 2.36. The van der Waals surface area contributed by atoms with Crippen LogP contribution in [-0.2, 0) is 19.1 Å². The maximum absolute atomic E-state index is 12.0. The average Bonchev–Trinajstić information content (AvgIpc) is 3.08. The van der Waals surface area contributed by atoms with E-state index in [1.54, 1.807) is 13.8 Å². The fraction of sp³-hybridized carbons (Fsp3) is 0.444. The van der Waals surface area contributed by atoms with Crippen LogP contribution in [0.2, 0.25) is 0 Å². The lowest BCUT2D eigenvalue weighted by Gasteiger charge is -2.20. The van der Waals surface area contributed by atoms with Crippen LogP contribution >= 0.6 is 0 Å². The number of aryl methyl sites for hydroxylation is 1. The molecule has 1 N–H and O–H groups in total. The highest BCUT2D eigenvalue weighted by molar-refractivity contribution is 6.39. The van der Waals surface area contributed by atoms with E-state index in [-0.39, 0.29) is 25.3 Å². The highest BCUT2D eigenvalue weighted by Gasteiger charge is 2.21. The number of hydrogen-bond acceptors (Lipinski definition) is 8. The molecular formula is C18H24N4O4. The van der Waals surface area contributed by atoms with Crippen molar-refractivity contribution in [3.8, 4) is 0 Å². The molecule has 0 radical (unpaired) electrons. The van der Waals surface area contributed by atoms with Crippen molar-refractivity contribution in [2.75, 3.05) is 31.2 Å². The van der Waals surface area contributed by atoms with Crippen LogP contribution in [0.25, 0.3) is 0 Å². The molecule has 0 unspecified atom stereocenters. The van der Waals surface area contributed by atoms with Crippen molar-refractivity contribution >= 4 is 29.3 Å². The number of ether oxygens (including phenoxy) is 2. The maximum atomic E-state index is 12.0. The van der Waals surface area contributed by atoms with Crippen molar-refractivity contribution in [2.45, 2.75) is 27.2 Å². The molecule has 0 saturated carbocycles. The Morgan fingerprint density at radius 1 is 1.19 bits per heavy atom. The van der Waals surface area contributed by atoms with Gasteiger partial charge in [0.1, 0.15) is 0 Å². The number of esters is 2. The summed E-state index contributed by atoms with van der Waals surface area (Å²) >= 11 is 0. The number of nitrogens with zero attached hydrogens (tertiary/aromatic N) is 3. The van der Waals surface area contributed by atoms with Crippen LogP contribution in [0, 0.1) is 6.92 Å². The summed E-state index contributed by atoms with van der Waals surface area (Å²) in [5.74, 6) is -0.682. The summed E-state index contributed by atoms with van der Waals surface area (Å²) in [5, 5.41) is 4.06. The van der Waals surface area contributed by atoms with Crippen molar-refractivity contribution in [1.29, 1.82) is 0 Å². The Labute approximate surface area is 152 Å². The van der Waals surface area contributed by atoms with Gasteiger partial charge in [0.2, 0.25) is 5.96 Å². The molecule has 0 atom stereocenters. The molecule has 8 heteroatoms. The SMILES string of the molecule is CCOC(=O)C/C(=N\NC1=NCCN1c1ccc(C)cc1)C(=O)OCC. The first kappa shape index (κ1) is 19.4. The molecule has 0 bridgehead atoms. The minimum atomic E-state index is -0.659. The molecule has 0 spiro atoms. The molecule has 140 valence electrons. The third kappa shape index (κ3) is 5.30. The summed E-state index contributed by atoms with van der Waals surface area (Å²) in [7, 11) is 0. The number of anilines is 1. The molecule has 26 heavy (non-hydrogen) atoms. The van der Waals surface area contributed by atoms with Gasteiger partial charge in [-0.2, -0.15) is 5.10 Å². The molecule has 0 fully saturated rings. The summed E-state index contributed by atoms with van der Waals surface area (Å²) in [4.78, 5) is 30.0. The van der Waals surface area contributed by atoms with Crippen molar-refractivity contribution < 1.29 is 19.1 Å². The lowest BCUT2D eigenvalue weighted by atomic mass is 10.2.